The van der Waals surface area contributed by atoms with Gasteiger partial charge in [-0.05, 0) is 37.0 Å². The number of unbranched alkanes of at least 4 members (excludes halogenated alkanes) is 1. The van der Waals surface area contributed by atoms with Crippen molar-refractivity contribution in [2.75, 3.05) is 19.8 Å². The fourth-order valence-electron chi connectivity index (χ4n) is 1.84. The van der Waals surface area contributed by atoms with Crippen molar-refractivity contribution in [3.63, 3.8) is 0 Å². The third-order valence-corrected chi connectivity index (χ3v) is 3.09. The van der Waals surface area contributed by atoms with Crippen molar-refractivity contribution in [2.45, 2.75) is 45.6 Å². The van der Waals surface area contributed by atoms with Crippen LogP contribution in [0.25, 0.3) is 0 Å². The lowest BCUT2D eigenvalue weighted by molar-refractivity contribution is 0.0979. The largest absolute Gasteiger partial charge is 0.491 e. The highest BCUT2D eigenvalue weighted by Crippen LogP contribution is 2.18. The predicted molar refractivity (Wildman–Crippen MR) is 79.6 cm³/mol. The Bertz CT molecular complexity index is 385. The third-order valence-electron chi connectivity index (χ3n) is 3.09. The van der Waals surface area contributed by atoms with Crippen molar-refractivity contribution in [1.82, 2.24) is 0 Å². The summed E-state index contributed by atoms with van der Waals surface area (Å²) in [5.41, 5.74) is 6.77. The summed E-state index contributed by atoms with van der Waals surface area (Å²) in [7, 11) is 0. The van der Waals surface area contributed by atoms with Crippen LogP contribution >= 0.6 is 0 Å². The molecule has 0 saturated carbocycles. The molecule has 0 aliphatic carbocycles. The average molecular weight is 283 g/mol. The molecule has 1 aromatic carbocycles. The van der Waals surface area contributed by atoms with Gasteiger partial charge in [-0.3, -0.25) is 0 Å². The normalized spacial score (nSPS) is 12.4. The van der Waals surface area contributed by atoms with Gasteiger partial charge in [0.05, 0.1) is 6.61 Å². The molecule has 114 valence electrons. The third kappa shape index (κ3) is 6.87. The molecular weight excluding hydrogens is 257 g/mol. The van der Waals surface area contributed by atoms with Gasteiger partial charge in [-0.25, -0.2) is 4.39 Å². The van der Waals surface area contributed by atoms with E-state index in [2.05, 4.69) is 6.92 Å². The fourth-order valence-corrected chi connectivity index (χ4v) is 1.84. The first-order valence-electron chi connectivity index (χ1n) is 7.41. The van der Waals surface area contributed by atoms with E-state index in [0.717, 1.165) is 31.4 Å². The molecule has 1 rings (SSSR count). The molecule has 3 nitrogen and oxygen atoms in total. The summed E-state index contributed by atoms with van der Waals surface area (Å²) in [5, 5.41) is 0. The molecule has 0 radical (unpaired) electrons. The minimum absolute atomic E-state index is 0.0574. The molecule has 0 aromatic heterocycles. The van der Waals surface area contributed by atoms with Gasteiger partial charge in [0.25, 0.3) is 0 Å². The second-order valence-electron chi connectivity index (χ2n) is 4.98. The lowest BCUT2D eigenvalue weighted by Gasteiger charge is -2.12. The van der Waals surface area contributed by atoms with Crippen molar-refractivity contribution < 1.29 is 13.9 Å². The highest BCUT2D eigenvalue weighted by Gasteiger charge is 2.06. The van der Waals surface area contributed by atoms with Crippen LogP contribution in [0.1, 0.15) is 38.7 Å². The monoisotopic (exact) mass is 283 g/mol. The summed E-state index contributed by atoms with van der Waals surface area (Å²) in [6.45, 7) is 5.86. The molecule has 0 bridgehead atoms. The molecule has 0 heterocycles. The lowest BCUT2D eigenvalue weighted by atomic mass is 10.0. The van der Waals surface area contributed by atoms with Crippen LogP contribution in [-0.4, -0.2) is 25.9 Å². The first-order valence-corrected chi connectivity index (χ1v) is 7.41. The smallest absolute Gasteiger partial charge is 0.127 e. The van der Waals surface area contributed by atoms with Crippen molar-refractivity contribution in [3.05, 3.63) is 29.6 Å². The molecule has 0 amide bonds. The zero-order chi connectivity index (χ0) is 14.8. The summed E-state index contributed by atoms with van der Waals surface area (Å²) in [5.74, 6) is 0.259. The zero-order valence-electron chi connectivity index (χ0n) is 12.5. The summed E-state index contributed by atoms with van der Waals surface area (Å²) in [6.07, 6.45) is 3.71. The maximum atomic E-state index is 13.5. The van der Waals surface area contributed by atoms with E-state index in [9.17, 15) is 4.39 Å². The summed E-state index contributed by atoms with van der Waals surface area (Å²) >= 11 is 0. The van der Waals surface area contributed by atoms with Crippen molar-refractivity contribution >= 4 is 0 Å². The van der Waals surface area contributed by atoms with E-state index >= 15 is 0 Å². The second-order valence-corrected chi connectivity index (χ2v) is 4.98. The lowest BCUT2D eigenvalue weighted by Crippen LogP contribution is -2.21. The SMILES string of the molecule is CCCCOCCOc1cc(F)cc(CC(N)CC)c1. The number of hydrogen-bond acceptors (Lipinski definition) is 3. The summed E-state index contributed by atoms with van der Waals surface area (Å²) < 4.78 is 24.4. The summed E-state index contributed by atoms with van der Waals surface area (Å²) in [6, 6.07) is 4.82. The first kappa shape index (κ1) is 16.9. The number of rotatable bonds is 10. The Hall–Kier alpha value is -1.13. The molecule has 0 aliphatic heterocycles. The Morgan fingerprint density at radius 2 is 1.95 bits per heavy atom. The quantitative estimate of drug-likeness (QED) is 0.670. The van der Waals surface area contributed by atoms with Crippen LogP contribution in [0.4, 0.5) is 4.39 Å². The zero-order valence-corrected chi connectivity index (χ0v) is 12.5. The van der Waals surface area contributed by atoms with Gasteiger partial charge in [0.1, 0.15) is 18.2 Å². The molecule has 0 saturated heterocycles. The topological polar surface area (TPSA) is 44.5 Å². The van der Waals surface area contributed by atoms with Crippen LogP contribution in [0.5, 0.6) is 5.75 Å². The Kier molecular flexibility index (Phi) is 8.23. The van der Waals surface area contributed by atoms with Crippen LogP contribution in [0.3, 0.4) is 0 Å². The van der Waals surface area contributed by atoms with Crippen LogP contribution in [0.15, 0.2) is 18.2 Å². The number of ether oxygens (including phenoxy) is 2. The number of nitrogens with two attached hydrogens (primary N) is 1. The molecule has 0 fully saturated rings. The maximum absolute atomic E-state index is 13.5. The predicted octanol–water partition coefficient (Wildman–Crippen LogP) is 3.30. The standard InChI is InChI=1S/C16H26FNO2/c1-3-5-6-19-7-8-20-16-11-13(9-14(17)12-16)10-15(18)4-2/h9,11-12,15H,3-8,10,18H2,1-2H3. The van der Waals surface area contributed by atoms with E-state index in [4.69, 9.17) is 15.2 Å². The number of hydrogen-bond donors (Lipinski definition) is 1. The molecule has 2 N–H and O–H groups in total. The van der Waals surface area contributed by atoms with Gasteiger partial charge in [0.15, 0.2) is 0 Å². The Morgan fingerprint density at radius 1 is 1.15 bits per heavy atom. The van der Waals surface area contributed by atoms with Crippen molar-refractivity contribution in [1.29, 1.82) is 0 Å². The Balaban J connectivity index is 2.41. The van der Waals surface area contributed by atoms with Crippen molar-refractivity contribution in [2.24, 2.45) is 5.73 Å². The van der Waals surface area contributed by atoms with E-state index in [-0.39, 0.29) is 11.9 Å². The fraction of sp³-hybridized carbons (Fsp3) is 0.625. The van der Waals surface area contributed by atoms with Gasteiger partial charge in [0.2, 0.25) is 0 Å². The van der Waals surface area contributed by atoms with Gasteiger partial charge < -0.3 is 15.2 Å². The van der Waals surface area contributed by atoms with E-state index in [1.807, 2.05) is 13.0 Å². The average Bonchev–Trinajstić information content (AvgIpc) is 2.42. The number of halogens is 1. The van der Waals surface area contributed by atoms with Gasteiger partial charge in [-0.1, -0.05) is 20.3 Å². The Morgan fingerprint density at radius 3 is 2.65 bits per heavy atom. The highest BCUT2D eigenvalue weighted by molar-refractivity contribution is 5.30. The molecule has 0 aliphatic rings. The Labute approximate surface area is 121 Å². The molecular formula is C16H26FNO2. The molecule has 0 spiro atoms. The van der Waals surface area contributed by atoms with Gasteiger partial charge >= 0.3 is 0 Å². The van der Waals surface area contributed by atoms with E-state index < -0.39 is 0 Å². The molecule has 1 aromatic rings. The van der Waals surface area contributed by atoms with Gasteiger partial charge in [-0.15, -0.1) is 0 Å². The van der Waals surface area contributed by atoms with E-state index in [1.54, 1.807) is 0 Å². The van der Waals surface area contributed by atoms with Gasteiger partial charge in [0, 0.05) is 18.7 Å². The minimum atomic E-state index is -0.285. The van der Waals surface area contributed by atoms with Crippen LogP contribution < -0.4 is 10.5 Å². The van der Waals surface area contributed by atoms with Gasteiger partial charge in [-0.2, -0.15) is 0 Å². The van der Waals surface area contributed by atoms with Crippen LogP contribution in [-0.2, 0) is 11.2 Å². The molecule has 4 heteroatoms. The van der Waals surface area contributed by atoms with E-state index in [0.29, 0.717) is 25.4 Å². The highest BCUT2D eigenvalue weighted by atomic mass is 19.1. The summed E-state index contributed by atoms with van der Waals surface area (Å²) in [4.78, 5) is 0. The first-order chi connectivity index (χ1) is 9.65. The van der Waals surface area contributed by atoms with Crippen molar-refractivity contribution in [3.8, 4) is 5.75 Å². The van der Waals surface area contributed by atoms with Crippen LogP contribution in [0.2, 0.25) is 0 Å². The second kappa shape index (κ2) is 9.72. The minimum Gasteiger partial charge on any atom is -0.491 e. The van der Waals surface area contributed by atoms with Crippen LogP contribution in [0, 0.1) is 5.82 Å². The molecule has 1 atom stereocenters. The maximum Gasteiger partial charge on any atom is 0.127 e. The molecule has 20 heavy (non-hydrogen) atoms. The molecule has 1 unspecified atom stereocenters. The van der Waals surface area contributed by atoms with E-state index in [1.165, 1.54) is 12.1 Å². The number of benzene rings is 1.